The zero-order chi connectivity index (χ0) is 24.2. The highest BCUT2D eigenvalue weighted by Crippen LogP contribution is 2.25. The van der Waals surface area contributed by atoms with E-state index in [1.807, 2.05) is 60.7 Å². The van der Waals surface area contributed by atoms with Crippen LogP contribution in [0.5, 0.6) is 0 Å². The first-order valence-corrected chi connectivity index (χ1v) is 12.9. The summed E-state index contributed by atoms with van der Waals surface area (Å²) in [5, 5.41) is 0. The van der Waals surface area contributed by atoms with Gasteiger partial charge in [0.2, 0.25) is 0 Å². The van der Waals surface area contributed by atoms with Gasteiger partial charge in [0.1, 0.15) is 0 Å². The van der Waals surface area contributed by atoms with Gasteiger partial charge in [0.25, 0.3) is 0 Å². The van der Waals surface area contributed by atoms with Crippen LogP contribution in [0.15, 0.2) is 69.6 Å². The molecule has 0 aliphatic carbocycles. The molecule has 166 valence electrons. The van der Waals surface area contributed by atoms with E-state index in [1.165, 1.54) is 0 Å². The van der Waals surface area contributed by atoms with E-state index in [4.69, 9.17) is 0 Å². The van der Waals surface area contributed by atoms with Gasteiger partial charge in [-0.15, -0.1) is 0 Å². The van der Waals surface area contributed by atoms with Crippen LogP contribution in [0.1, 0.15) is 72.9 Å². The lowest BCUT2D eigenvalue weighted by molar-refractivity contribution is 0.983. The summed E-state index contributed by atoms with van der Waals surface area (Å²) in [5.74, 6) is 26.1. The second-order valence-electron chi connectivity index (χ2n) is 7.51. The normalized spacial score (nSPS) is 9.29. The Labute approximate surface area is 220 Å². The van der Waals surface area contributed by atoms with Crippen molar-refractivity contribution >= 4 is 31.9 Å². The minimum atomic E-state index is 0.875. The third-order valence-electron chi connectivity index (χ3n) is 4.77. The summed E-state index contributed by atoms with van der Waals surface area (Å²) in [7, 11) is 0. The zero-order valence-corrected chi connectivity index (χ0v) is 22.5. The van der Waals surface area contributed by atoms with Crippen molar-refractivity contribution in [2.45, 2.75) is 39.5 Å². The molecular weight excluding hydrogens is 544 g/mol. The molecule has 0 heterocycles. The third kappa shape index (κ3) is 7.44. The highest BCUT2D eigenvalue weighted by molar-refractivity contribution is 9.11. The van der Waals surface area contributed by atoms with Crippen molar-refractivity contribution in [2.24, 2.45) is 0 Å². The van der Waals surface area contributed by atoms with Crippen LogP contribution < -0.4 is 0 Å². The summed E-state index contributed by atoms with van der Waals surface area (Å²) in [5.41, 5.74) is 5.51. The molecule has 0 spiro atoms. The molecule has 0 aromatic heterocycles. The van der Waals surface area contributed by atoms with Gasteiger partial charge < -0.3 is 0 Å². The Hall–Kier alpha value is -3.14. The maximum absolute atomic E-state index is 3.64. The van der Waals surface area contributed by atoms with E-state index < -0.39 is 0 Å². The fraction of sp³-hybridized carbons (Fsp3) is 0.188. The Balaban J connectivity index is 1.95. The molecule has 3 rings (SSSR count). The SMILES string of the molecule is CCCC#Cc1ccccc1C#Cc1cc(C#Cc2ccccc2C#CCCC)c(Br)cc1Br. The van der Waals surface area contributed by atoms with Gasteiger partial charge in [-0.3, -0.25) is 0 Å². The Bertz CT molecular complexity index is 1310. The molecular formula is C32H24Br2. The van der Waals surface area contributed by atoms with Crippen LogP contribution in [-0.4, -0.2) is 0 Å². The summed E-state index contributed by atoms with van der Waals surface area (Å²) >= 11 is 7.28. The first-order valence-electron chi connectivity index (χ1n) is 11.3. The molecule has 0 N–H and O–H groups in total. The molecule has 2 heteroatoms. The minimum absolute atomic E-state index is 0.875. The molecule has 0 bridgehead atoms. The van der Waals surface area contributed by atoms with Crippen LogP contribution in [0.25, 0.3) is 0 Å². The molecule has 3 aromatic rings. The van der Waals surface area contributed by atoms with Gasteiger partial charge >= 0.3 is 0 Å². The van der Waals surface area contributed by atoms with Crippen molar-refractivity contribution in [2.75, 3.05) is 0 Å². The van der Waals surface area contributed by atoms with Crippen LogP contribution in [0.2, 0.25) is 0 Å². The number of halogens is 2. The predicted molar refractivity (Wildman–Crippen MR) is 150 cm³/mol. The molecule has 0 atom stereocenters. The van der Waals surface area contributed by atoms with Crippen molar-refractivity contribution in [3.8, 4) is 47.4 Å². The Kier molecular flexibility index (Phi) is 10.1. The van der Waals surface area contributed by atoms with Crippen LogP contribution in [0, 0.1) is 47.4 Å². The molecule has 0 fully saturated rings. The summed E-state index contributed by atoms with van der Waals surface area (Å²) in [4.78, 5) is 0. The van der Waals surface area contributed by atoms with Crippen LogP contribution >= 0.6 is 31.9 Å². The van der Waals surface area contributed by atoms with Crippen molar-refractivity contribution in [1.29, 1.82) is 0 Å². The lowest BCUT2D eigenvalue weighted by Gasteiger charge is -2.02. The van der Waals surface area contributed by atoms with Crippen LogP contribution in [0.4, 0.5) is 0 Å². The largest absolute Gasteiger partial charge is 0.0979 e. The summed E-state index contributed by atoms with van der Waals surface area (Å²) in [6, 6.07) is 20.0. The number of rotatable bonds is 2. The second kappa shape index (κ2) is 13.5. The summed E-state index contributed by atoms with van der Waals surface area (Å²) in [6.45, 7) is 4.26. The molecule has 0 saturated heterocycles. The first kappa shape index (κ1) is 25.5. The Morgan fingerprint density at radius 3 is 1.24 bits per heavy atom. The van der Waals surface area contributed by atoms with Crippen LogP contribution in [-0.2, 0) is 0 Å². The number of hydrogen-bond donors (Lipinski definition) is 0. The standard InChI is InChI=1S/C32H24Br2/c1-3-5-7-13-25-15-9-11-17-27(25)19-21-29-23-30(32(34)24-31(29)33)22-20-28-18-12-10-16-26(28)14-8-6-4-2/h9-12,15-18,23-24H,3-6H2,1-2H3. The topological polar surface area (TPSA) is 0 Å². The fourth-order valence-corrected chi connectivity index (χ4v) is 4.17. The van der Waals surface area contributed by atoms with Gasteiger partial charge in [-0.1, -0.05) is 85.5 Å². The third-order valence-corrected chi connectivity index (χ3v) is 6.08. The number of unbranched alkanes of at least 4 members (excludes halogenated alkanes) is 2. The molecule has 0 nitrogen and oxygen atoms in total. The highest BCUT2D eigenvalue weighted by Gasteiger charge is 2.05. The van der Waals surface area contributed by atoms with E-state index in [9.17, 15) is 0 Å². The average molecular weight is 568 g/mol. The summed E-state index contributed by atoms with van der Waals surface area (Å²) in [6.07, 6.45) is 3.86. The number of hydrogen-bond acceptors (Lipinski definition) is 0. The van der Waals surface area contributed by atoms with Crippen molar-refractivity contribution in [1.82, 2.24) is 0 Å². The molecule has 0 saturated carbocycles. The fourth-order valence-electron chi connectivity index (χ4n) is 2.98. The maximum Gasteiger partial charge on any atom is 0.0405 e. The molecule has 34 heavy (non-hydrogen) atoms. The molecule has 0 radical (unpaired) electrons. The second-order valence-corrected chi connectivity index (χ2v) is 9.22. The van der Waals surface area contributed by atoms with Gasteiger partial charge in [0.15, 0.2) is 0 Å². The highest BCUT2D eigenvalue weighted by atomic mass is 79.9. The van der Waals surface area contributed by atoms with E-state index in [1.54, 1.807) is 0 Å². The molecule has 3 aromatic carbocycles. The Morgan fingerprint density at radius 1 is 0.500 bits per heavy atom. The van der Waals surface area contributed by atoms with E-state index in [0.29, 0.717) is 0 Å². The van der Waals surface area contributed by atoms with Crippen molar-refractivity contribution in [3.05, 3.63) is 103 Å². The van der Waals surface area contributed by atoms with Gasteiger partial charge in [-0.2, -0.15) is 0 Å². The van der Waals surface area contributed by atoms with E-state index in [-0.39, 0.29) is 0 Å². The van der Waals surface area contributed by atoms with Crippen molar-refractivity contribution < 1.29 is 0 Å². The number of benzene rings is 3. The van der Waals surface area contributed by atoms with Gasteiger partial charge in [-0.05, 0) is 81.1 Å². The van der Waals surface area contributed by atoms with Gasteiger partial charge in [-0.25, -0.2) is 0 Å². The quantitative estimate of drug-likeness (QED) is 0.273. The molecule has 0 aliphatic heterocycles. The lowest BCUT2D eigenvalue weighted by Crippen LogP contribution is -1.87. The molecule has 0 unspecified atom stereocenters. The summed E-state index contributed by atoms with van der Waals surface area (Å²) < 4.78 is 1.83. The van der Waals surface area contributed by atoms with E-state index in [0.717, 1.165) is 68.0 Å². The average Bonchev–Trinajstić information content (AvgIpc) is 2.84. The van der Waals surface area contributed by atoms with Gasteiger partial charge in [0.05, 0.1) is 0 Å². The monoisotopic (exact) mass is 566 g/mol. The zero-order valence-electron chi connectivity index (χ0n) is 19.4. The lowest BCUT2D eigenvalue weighted by atomic mass is 10.1. The maximum atomic E-state index is 3.64. The van der Waals surface area contributed by atoms with Crippen molar-refractivity contribution in [3.63, 3.8) is 0 Å². The molecule has 0 amide bonds. The minimum Gasteiger partial charge on any atom is -0.0979 e. The smallest absolute Gasteiger partial charge is 0.0405 e. The first-order chi connectivity index (χ1) is 16.6. The van der Waals surface area contributed by atoms with E-state index >= 15 is 0 Å². The van der Waals surface area contributed by atoms with Gasteiger partial charge in [0, 0.05) is 55.2 Å². The van der Waals surface area contributed by atoms with Crippen LogP contribution in [0.3, 0.4) is 0 Å². The molecule has 0 aliphatic rings. The predicted octanol–water partition coefficient (Wildman–Crippen LogP) is 8.31. The van der Waals surface area contributed by atoms with E-state index in [2.05, 4.69) is 93.1 Å². The Morgan fingerprint density at radius 2 is 0.853 bits per heavy atom.